The summed E-state index contributed by atoms with van der Waals surface area (Å²) in [4.78, 5) is 16.7. The highest BCUT2D eigenvalue weighted by Crippen LogP contribution is 2.24. The maximum atomic E-state index is 13.3. The zero-order chi connectivity index (χ0) is 20.5. The van der Waals surface area contributed by atoms with Crippen LogP contribution in [0.15, 0.2) is 65.7 Å². The molecule has 0 atom stereocenters. The van der Waals surface area contributed by atoms with Crippen LogP contribution in [0.1, 0.15) is 11.4 Å². The van der Waals surface area contributed by atoms with Gasteiger partial charge in [0.25, 0.3) is 5.56 Å². The van der Waals surface area contributed by atoms with Crippen molar-refractivity contribution in [3.05, 3.63) is 88.5 Å². The van der Waals surface area contributed by atoms with Gasteiger partial charge in [-0.2, -0.15) is 0 Å². The first-order valence-electron chi connectivity index (χ1n) is 9.96. The largest absolute Gasteiger partial charge is 0.487 e. The standard InChI is InChI=1S/C23H21FN4O2/c24-17-3-7-26-18(13-17)15-30-21-5-9-28(23(29)14-21)19-1-2-22-16(11-19)12-20-4-6-25-8-10-27(20)22/h1-3,5,7,9,11-14,25H,4,6,8,10,15H2. The number of pyridine rings is 2. The molecule has 1 N–H and O–H groups in total. The number of benzene rings is 1. The van der Waals surface area contributed by atoms with Gasteiger partial charge in [-0.15, -0.1) is 0 Å². The van der Waals surface area contributed by atoms with E-state index >= 15 is 0 Å². The molecule has 1 aliphatic rings. The van der Waals surface area contributed by atoms with Gasteiger partial charge in [-0.3, -0.25) is 14.3 Å². The van der Waals surface area contributed by atoms with Crippen molar-refractivity contribution in [1.82, 2.24) is 19.4 Å². The quantitative estimate of drug-likeness (QED) is 0.568. The number of fused-ring (bicyclic) bond motifs is 3. The van der Waals surface area contributed by atoms with E-state index in [-0.39, 0.29) is 18.0 Å². The van der Waals surface area contributed by atoms with Crippen molar-refractivity contribution < 1.29 is 9.13 Å². The third kappa shape index (κ3) is 3.59. The highest BCUT2D eigenvalue weighted by Gasteiger charge is 2.12. The van der Waals surface area contributed by atoms with Crippen LogP contribution in [0.4, 0.5) is 4.39 Å². The van der Waals surface area contributed by atoms with Gasteiger partial charge < -0.3 is 14.6 Å². The van der Waals surface area contributed by atoms with E-state index in [9.17, 15) is 9.18 Å². The van der Waals surface area contributed by atoms with Crippen molar-refractivity contribution >= 4 is 10.9 Å². The second-order valence-electron chi connectivity index (χ2n) is 7.36. The van der Waals surface area contributed by atoms with E-state index in [1.165, 1.54) is 35.6 Å². The van der Waals surface area contributed by atoms with Gasteiger partial charge in [0.1, 0.15) is 18.2 Å². The van der Waals surface area contributed by atoms with E-state index in [2.05, 4.69) is 27.0 Å². The van der Waals surface area contributed by atoms with Crippen molar-refractivity contribution in [2.45, 2.75) is 19.6 Å². The summed E-state index contributed by atoms with van der Waals surface area (Å²) >= 11 is 0. The fourth-order valence-corrected chi connectivity index (χ4v) is 3.92. The Morgan fingerprint density at radius 2 is 2.03 bits per heavy atom. The van der Waals surface area contributed by atoms with Crippen LogP contribution in [-0.4, -0.2) is 27.2 Å². The molecule has 0 amide bonds. The van der Waals surface area contributed by atoms with Crippen molar-refractivity contribution in [1.29, 1.82) is 0 Å². The summed E-state index contributed by atoms with van der Waals surface area (Å²) in [5.41, 5.74) is 3.59. The number of nitrogens with one attached hydrogen (secondary N) is 1. The Balaban J connectivity index is 1.40. The Morgan fingerprint density at radius 1 is 1.10 bits per heavy atom. The monoisotopic (exact) mass is 404 g/mol. The van der Waals surface area contributed by atoms with Gasteiger partial charge in [-0.05, 0) is 42.5 Å². The fourth-order valence-electron chi connectivity index (χ4n) is 3.92. The van der Waals surface area contributed by atoms with Crippen LogP contribution in [0.25, 0.3) is 16.6 Å². The number of rotatable bonds is 4. The molecule has 0 unspecified atom stereocenters. The number of ether oxygens (including phenoxy) is 1. The van der Waals surface area contributed by atoms with Crippen LogP contribution in [0.2, 0.25) is 0 Å². The van der Waals surface area contributed by atoms with E-state index in [1.807, 2.05) is 12.1 Å². The minimum atomic E-state index is -0.367. The molecule has 4 heterocycles. The normalized spacial score (nSPS) is 13.8. The summed E-state index contributed by atoms with van der Waals surface area (Å²) in [6.45, 7) is 2.99. The first-order chi connectivity index (χ1) is 14.7. The van der Waals surface area contributed by atoms with Gasteiger partial charge in [-0.1, -0.05) is 0 Å². The van der Waals surface area contributed by atoms with Gasteiger partial charge in [0.05, 0.1) is 5.69 Å². The van der Waals surface area contributed by atoms with Gasteiger partial charge in [0, 0.05) is 66.8 Å². The molecule has 3 aromatic heterocycles. The smallest absolute Gasteiger partial charge is 0.258 e. The molecule has 1 aliphatic heterocycles. The number of aromatic nitrogens is 3. The molecule has 1 aromatic carbocycles. The average molecular weight is 404 g/mol. The maximum absolute atomic E-state index is 13.3. The van der Waals surface area contributed by atoms with Crippen LogP contribution in [0.5, 0.6) is 5.75 Å². The molecule has 0 saturated heterocycles. The lowest BCUT2D eigenvalue weighted by Crippen LogP contribution is -2.17. The molecule has 6 nitrogen and oxygen atoms in total. The van der Waals surface area contributed by atoms with E-state index in [1.54, 1.807) is 16.8 Å². The number of halogens is 1. The molecule has 152 valence electrons. The minimum absolute atomic E-state index is 0.0956. The molecule has 0 radical (unpaired) electrons. The fraction of sp³-hybridized carbons (Fsp3) is 0.217. The number of hydrogen-bond donors (Lipinski definition) is 1. The molecule has 7 heteroatoms. The highest BCUT2D eigenvalue weighted by atomic mass is 19.1. The van der Waals surface area contributed by atoms with Crippen LogP contribution >= 0.6 is 0 Å². The first kappa shape index (κ1) is 18.6. The van der Waals surface area contributed by atoms with Gasteiger partial charge in [0.2, 0.25) is 0 Å². The molecular formula is C23H21FN4O2. The highest BCUT2D eigenvalue weighted by molar-refractivity contribution is 5.83. The number of hydrogen-bond acceptors (Lipinski definition) is 4. The summed E-state index contributed by atoms with van der Waals surface area (Å²) < 4.78 is 22.8. The third-order valence-corrected chi connectivity index (χ3v) is 5.38. The molecule has 0 aliphatic carbocycles. The predicted octanol–water partition coefficient (Wildman–Crippen LogP) is 3.05. The lowest BCUT2D eigenvalue weighted by molar-refractivity contribution is 0.299. The van der Waals surface area contributed by atoms with Crippen LogP contribution < -0.4 is 15.6 Å². The molecule has 30 heavy (non-hydrogen) atoms. The van der Waals surface area contributed by atoms with E-state index in [4.69, 9.17) is 4.74 Å². The molecule has 0 bridgehead atoms. The SMILES string of the molecule is O=c1cc(OCc2cc(F)ccn2)ccn1-c1ccc2c(c1)cc1n2CCNCC1. The molecule has 0 saturated carbocycles. The van der Waals surface area contributed by atoms with E-state index in [0.717, 1.165) is 37.1 Å². The van der Waals surface area contributed by atoms with Crippen molar-refractivity contribution in [3.8, 4) is 11.4 Å². The van der Waals surface area contributed by atoms with Crippen molar-refractivity contribution in [2.24, 2.45) is 0 Å². The summed E-state index contributed by atoms with van der Waals surface area (Å²) in [6, 6.07) is 14.0. The third-order valence-electron chi connectivity index (χ3n) is 5.38. The van der Waals surface area contributed by atoms with E-state index < -0.39 is 0 Å². The second kappa shape index (κ2) is 7.76. The molecule has 4 aromatic rings. The Bertz CT molecular complexity index is 1280. The summed E-state index contributed by atoms with van der Waals surface area (Å²) in [7, 11) is 0. The Labute approximate surface area is 172 Å². The molecular weight excluding hydrogens is 383 g/mol. The molecule has 0 fully saturated rings. The Morgan fingerprint density at radius 3 is 2.90 bits per heavy atom. The maximum Gasteiger partial charge on any atom is 0.258 e. The van der Waals surface area contributed by atoms with Gasteiger partial charge in [0.15, 0.2) is 0 Å². The summed E-state index contributed by atoms with van der Waals surface area (Å²) in [5.74, 6) is 0.0557. The lowest BCUT2D eigenvalue weighted by Gasteiger charge is -2.10. The average Bonchev–Trinajstić information content (AvgIpc) is 2.92. The predicted molar refractivity (Wildman–Crippen MR) is 113 cm³/mol. The summed E-state index contributed by atoms with van der Waals surface area (Å²) in [5, 5.41) is 4.55. The zero-order valence-corrected chi connectivity index (χ0v) is 16.3. The Kier molecular flexibility index (Phi) is 4.80. The van der Waals surface area contributed by atoms with Gasteiger partial charge in [-0.25, -0.2) is 4.39 Å². The number of nitrogens with zero attached hydrogens (tertiary/aromatic N) is 3. The van der Waals surface area contributed by atoms with Crippen LogP contribution in [-0.2, 0) is 19.6 Å². The Hall–Kier alpha value is -3.45. The molecule has 5 rings (SSSR count). The second-order valence-corrected chi connectivity index (χ2v) is 7.36. The first-order valence-corrected chi connectivity index (χ1v) is 9.96. The van der Waals surface area contributed by atoms with E-state index in [0.29, 0.717) is 11.4 Å². The van der Waals surface area contributed by atoms with Crippen molar-refractivity contribution in [2.75, 3.05) is 13.1 Å². The van der Waals surface area contributed by atoms with Crippen molar-refractivity contribution in [3.63, 3.8) is 0 Å². The lowest BCUT2D eigenvalue weighted by atomic mass is 10.2. The molecule has 0 spiro atoms. The zero-order valence-electron chi connectivity index (χ0n) is 16.3. The summed E-state index contributed by atoms with van der Waals surface area (Å²) in [6.07, 6.45) is 4.08. The topological polar surface area (TPSA) is 61.1 Å². The van der Waals surface area contributed by atoms with Crippen LogP contribution in [0.3, 0.4) is 0 Å². The van der Waals surface area contributed by atoms with Crippen LogP contribution in [0, 0.1) is 5.82 Å². The minimum Gasteiger partial charge on any atom is -0.487 e. The van der Waals surface area contributed by atoms with Gasteiger partial charge >= 0.3 is 0 Å².